The summed E-state index contributed by atoms with van der Waals surface area (Å²) in [5.41, 5.74) is 4.01. The average Bonchev–Trinajstić information content (AvgIpc) is 3.55. The molecule has 1 N–H and O–H groups in total. The molecule has 0 spiro atoms. The quantitative estimate of drug-likeness (QED) is 0.241. The zero-order chi connectivity index (χ0) is 27.0. The van der Waals surface area contributed by atoms with Crippen LogP contribution in [0.1, 0.15) is 35.3 Å². The van der Waals surface area contributed by atoms with Gasteiger partial charge in [0.1, 0.15) is 5.52 Å². The number of hydrogen-bond acceptors (Lipinski definition) is 5. The Morgan fingerprint density at radius 3 is 2.50 bits per heavy atom. The summed E-state index contributed by atoms with van der Waals surface area (Å²) in [4.78, 5) is 12.1. The molecule has 0 amide bonds. The predicted octanol–water partition coefficient (Wildman–Crippen LogP) is 6.39. The minimum Gasteiger partial charge on any atom is -0.494 e. The molecule has 7 nitrogen and oxygen atoms in total. The standard InChI is InChI=1S/C29H27F2N3O4/c1-5-16(15-36-2)28-24(17-6-8-18(9-7-17)29(35)38-4)25-22(12-19-14-32-33-27(19)26(25)31)34(28)20-10-11-21(30)23(13-20)37-3/h6-14,16H,5,15H2,1-4H3,(H,32,33)/t16-/m0/s1. The average molecular weight is 520 g/mol. The third-order valence-electron chi connectivity index (χ3n) is 6.88. The number of carbonyl (C=O) groups excluding carboxylic acids is 1. The fourth-order valence-corrected chi connectivity index (χ4v) is 5.05. The highest BCUT2D eigenvalue weighted by molar-refractivity contribution is 6.06. The van der Waals surface area contributed by atoms with Gasteiger partial charge in [0.05, 0.1) is 38.1 Å². The van der Waals surface area contributed by atoms with Crippen molar-refractivity contribution in [3.05, 3.63) is 77.6 Å². The normalized spacial score (nSPS) is 12.3. The molecule has 2 heterocycles. The van der Waals surface area contributed by atoms with Gasteiger partial charge in [-0.25, -0.2) is 13.6 Å². The van der Waals surface area contributed by atoms with Crippen molar-refractivity contribution in [3.8, 4) is 22.6 Å². The lowest BCUT2D eigenvalue weighted by molar-refractivity contribution is 0.0600. The van der Waals surface area contributed by atoms with Crippen molar-refractivity contribution in [2.45, 2.75) is 19.3 Å². The van der Waals surface area contributed by atoms with Gasteiger partial charge in [0.15, 0.2) is 17.4 Å². The molecule has 0 aliphatic heterocycles. The Labute approximate surface area is 217 Å². The summed E-state index contributed by atoms with van der Waals surface area (Å²) in [6.45, 7) is 2.41. The second kappa shape index (κ2) is 10.3. The Morgan fingerprint density at radius 1 is 1.08 bits per heavy atom. The van der Waals surface area contributed by atoms with E-state index in [4.69, 9.17) is 14.2 Å². The molecule has 1 atom stereocenters. The summed E-state index contributed by atoms with van der Waals surface area (Å²) in [5, 5.41) is 7.77. The van der Waals surface area contributed by atoms with Gasteiger partial charge in [-0.2, -0.15) is 5.10 Å². The molecule has 0 saturated carbocycles. The number of ether oxygens (including phenoxy) is 3. The summed E-state index contributed by atoms with van der Waals surface area (Å²) < 4.78 is 48.3. The van der Waals surface area contributed by atoms with E-state index < -0.39 is 17.6 Å². The molecule has 5 rings (SSSR count). The highest BCUT2D eigenvalue weighted by atomic mass is 19.1. The Bertz CT molecular complexity index is 1640. The van der Waals surface area contributed by atoms with Crippen LogP contribution in [0.25, 0.3) is 38.6 Å². The molecule has 2 aromatic heterocycles. The van der Waals surface area contributed by atoms with Crippen LogP contribution in [0.5, 0.6) is 5.75 Å². The van der Waals surface area contributed by atoms with E-state index in [1.54, 1.807) is 49.7 Å². The molecule has 0 fully saturated rings. The van der Waals surface area contributed by atoms with Gasteiger partial charge in [-0.1, -0.05) is 19.1 Å². The predicted molar refractivity (Wildman–Crippen MR) is 141 cm³/mol. The van der Waals surface area contributed by atoms with E-state index in [2.05, 4.69) is 10.2 Å². The van der Waals surface area contributed by atoms with Gasteiger partial charge in [0.2, 0.25) is 0 Å². The van der Waals surface area contributed by atoms with Crippen LogP contribution in [0.15, 0.2) is 54.7 Å². The number of benzene rings is 3. The first-order chi connectivity index (χ1) is 18.4. The first kappa shape index (κ1) is 25.4. The van der Waals surface area contributed by atoms with Crippen molar-refractivity contribution < 1.29 is 27.8 Å². The maximum atomic E-state index is 16.3. The van der Waals surface area contributed by atoms with Crippen LogP contribution >= 0.6 is 0 Å². The van der Waals surface area contributed by atoms with Crippen molar-refractivity contribution in [3.63, 3.8) is 0 Å². The van der Waals surface area contributed by atoms with E-state index in [0.717, 1.165) is 5.69 Å². The molecule has 0 unspecified atom stereocenters. The minimum absolute atomic E-state index is 0.0731. The third-order valence-corrected chi connectivity index (χ3v) is 6.88. The first-order valence-corrected chi connectivity index (χ1v) is 12.1. The van der Waals surface area contributed by atoms with Crippen molar-refractivity contribution in [1.82, 2.24) is 14.8 Å². The molecule has 0 aliphatic carbocycles. The number of carbonyl (C=O) groups is 1. The number of esters is 1. The van der Waals surface area contributed by atoms with Crippen molar-refractivity contribution in [2.24, 2.45) is 0 Å². The summed E-state index contributed by atoms with van der Waals surface area (Å²) in [7, 11) is 4.34. The maximum Gasteiger partial charge on any atom is 0.337 e. The number of rotatable bonds is 8. The second-order valence-electron chi connectivity index (χ2n) is 8.96. The lowest BCUT2D eigenvalue weighted by Gasteiger charge is -2.21. The van der Waals surface area contributed by atoms with E-state index in [-0.39, 0.29) is 17.2 Å². The molecule has 0 bridgehead atoms. The Balaban J connectivity index is 1.94. The topological polar surface area (TPSA) is 78.4 Å². The lowest BCUT2D eigenvalue weighted by Crippen LogP contribution is -2.12. The highest BCUT2D eigenvalue weighted by Gasteiger charge is 2.29. The maximum absolute atomic E-state index is 16.3. The third kappa shape index (κ3) is 4.09. The fraction of sp³-hybridized carbons (Fsp3) is 0.241. The van der Waals surface area contributed by atoms with Crippen LogP contribution in [0.2, 0.25) is 0 Å². The van der Waals surface area contributed by atoms with E-state index in [0.29, 0.717) is 51.7 Å². The monoisotopic (exact) mass is 519 g/mol. The van der Waals surface area contributed by atoms with E-state index in [9.17, 15) is 9.18 Å². The number of nitrogens with one attached hydrogen (secondary N) is 1. The van der Waals surface area contributed by atoms with Crippen molar-refractivity contribution in [1.29, 1.82) is 0 Å². The van der Waals surface area contributed by atoms with Crippen molar-refractivity contribution >= 4 is 27.8 Å². The number of methoxy groups -OCH3 is 3. The van der Waals surface area contributed by atoms with Gasteiger partial charge in [0.25, 0.3) is 0 Å². The number of aromatic amines is 1. The largest absolute Gasteiger partial charge is 0.494 e. The van der Waals surface area contributed by atoms with Crippen LogP contribution in [0.4, 0.5) is 8.78 Å². The van der Waals surface area contributed by atoms with E-state index in [1.165, 1.54) is 20.3 Å². The highest BCUT2D eigenvalue weighted by Crippen LogP contribution is 2.44. The lowest BCUT2D eigenvalue weighted by atomic mass is 9.92. The molecule has 0 aliphatic rings. The Hall–Kier alpha value is -4.24. The molecular weight excluding hydrogens is 492 g/mol. The smallest absolute Gasteiger partial charge is 0.337 e. The van der Waals surface area contributed by atoms with Gasteiger partial charge >= 0.3 is 5.97 Å². The van der Waals surface area contributed by atoms with Crippen LogP contribution in [0, 0.1) is 11.6 Å². The van der Waals surface area contributed by atoms with Crippen molar-refractivity contribution in [2.75, 3.05) is 27.9 Å². The van der Waals surface area contributed by atoms with Gasteiger partial charge < -0.3 is 18.8 Å². The number of aromatic nitrogens is 3. The Kier molecular flexibility index (Phi) is 6.86. The summed E-state index contributed by atoms with van der Waals surface area (Å²) in [5.74, 6) is -1.49. The van der Waals surface area contributed by atoms with Crippen LogP contribution in [-0.4, -0.2) is 48.7 Å². The van der Waals surface area contributed by atoms with E-state index >= 15 is 4.39 Å². The number of hydrogen-bond donors (Lipinski definition) is 1. The zero-order valence-electron chi connectivity index (χ0n) is 21.5. The van der Waals surface area contributed by atoms with E-state index in [1.807, 2.05) is 17.6 Å². The summed E-state index contributed by atoms with van der Waals surface area (Å²) in [6.07, 6.45) is 2.26. The fourth-order valence-electron chi connectivity index (χ4n) is 5.05. The summed E-state index contributed by atoms with van der Waals surface area (Å²) in [6, 6.07) is 13.3. The first-order valence-electron chi connectivity index (χ1n) is 12.1. The molecule has 0 radical (unpaired) electrons. The van der Waals surface area contributed by atoms with Crippen LogP contribution in [-0.2, 0) is 9.47 Å². The van der Waals surface area contributed by atoms with Gasteiger partial charge in [-0.15, -0.1) is 0 Å². The van der Waals surface area contributed by atoms with Gasteiger partial charge in [-0.05, 0) is 42.3 Å². The molecule has 38 heavy (non-hydrogen) atoms. The number of fused-ring (bicyclic) bond motifs is 2. The minimum atomic E-state index is -0.500. The van der Waals surface area contributed by atoms with Gasteiger partial charge in [0, 0.05) is 46.8 Å². The number of nitrogens with zero attached hydrogens (tertiary/aromatic N) is 2. The molecule has 5 aromatic rings. The molecule has 0 saturated heterocycles. The zero-order valence-corrected chi connectivity index (χ0v) is 21.5. The van der Waals surface area contributed by atoms with Crippen LogP contribution in [0.3, 0.4) is 0 Å². The number of H-pyrrole nitrogens is 1. The van der Waals surface area contributed by atoms with Crippen LogP contribution < -0.4 is 4.74 Å². The SMILES string of the molecule is CC[C@@H](COC)c1c(-c2ccc(C(=O)OC)cc2)c2c(F)c3[nH]ncc3cc2n1-c1ccc(F)c(OC)c1. The number of halogens is 2. The molecule has 9 heteroatoms. The summed E-state index contributed by atoms with van der Waals surface area (Å²) >= 11 is 0. The molecule has 3 aromatic carbocycles. The molecular formula is C29H27F2N3O4. The Morgan fingerprint density at radius 2 is 1.84 bits per heavy atom. The second-order valence-corrected chi connectivity index (χ2v) is 8.96. The molecule has 196 valence electrons. The van der Waals surface area contributed by atoms with Gasteiger partial charge in [-0.3, -0.25) is 5.10 Å².